The molecule has 0 aliphatic heterocycles. The fourth-order valence-electron chi connectivity index (χ4n) is 3.36. The Morgan fingerprint density at radius 2 is 1.45 bits per heavy atom. The molecule has 0 unspecified atom stereocenters. The van der Waals surface area contributed by atoms with Crippen LogP contribution in [0.25, 0.3) is 22.5 Å². The third-order valence-corrected chi connectivity index (χ3v) is 5.51. The minimum Gasteiger partial charge on any atom is -0.464 e. The maximum absolute atomic E-state index is 12.4. The van der Waals surface area contributed by atoms with Crippen LogP contribution in [0.2, 0.25) is 10.0 Å². The van der Waals surface area contributed by atoms with Gasteiger partial charge in [-0.25, -0.2) is 4.68 Å². The zero-order chi connectivity index (χ0) is 22.1. The summed E-state index contributed by atoms with van der Waals surface area (Å²) in [4.78, 5) is 12.4. The molecule has 3 rings (SSSR count). The number of esters is 1. The van der Waals surface area contributed by atoms with E-state index in [1.807, 2.05) is 24.3 Å². The van der Waals surface area contributed by atoms with E-state index in [1.165, 1.54) is 25.7 Å². The average molecular weight is 460 g/mol. The maximum Gasteiger partial charge on any atom is 0.327 e. The van der Waals surface area contributed by atoms with Crippen LogP contribution < -0.4 is 0 Å². The minimum absolute atomic E-state index is 0.00557. The van der Waals surface area contributed by atoms with Gasteiger partial charge in [-0.3, -0.25) is 4.79 Å². The number of nitrogens with zero attached hydrogens (tertiary/aromatic N) is 3. The molecule has 0 atom stereocenters. The zero-order valence-electron chi connectivity index (χ0n) is 17.7. The summed E-state index contributed by atoms with van der Waals surface area (Å²) >= 11 is 12.1. The van der Waals surface area contributed by atoms with Crippen LogP contribution in [0.15, 0.2) is 48.5 Å². The molecule has 0 bridgehead atoms. The van der Waals surface area contributed by atoms with Crippen LogP contribution in [-0.2, 0) is 16.1 Å². The van der Waals surface area contributed by atoms with Crippen LogP contribution in [0, 0.1) is 0 Å². The second-order valence-electron chi connectivity index (χ2n) is 7.45. The van der Waals surface area contributed by atoms with Crippen molar-refractivity contribution in [2.75, 3.05) is 6.61 Å². The molecule has 0 radical (unpaired) electrons. The lowest BCUT2D eigenvalue weighted by Crippen LogP contribution is -2.16. The fourth-order valence-corrected chi connectivity index (χ4v) is 3.61. The third-order valence-electron chi connectivity index (χ3n) is 5.01. The first-order valence-electron chi connectivity index (χ1n) is 10.7. The lowest BCUT2D eigenvalue weighted by Gasteiger charge is -2.09. The zero-order valence-corrected chi connectivity index (χ0v) is 19.2. The van der Waals surface area contributed by atoms with Crippen LogP contribution >= 0.6 is 23.2 Å². The number of ether oxygens (including phenoxy) is 1. The first-order valence-corrected chi connectivity index (χ1v) is 11.4. The maximum atomic E-state index is 12.4. The topological polar surface area (TPSA) is 57.0 Å². The molecule has 0 aliphatic carbocycles. The van der Waals surface area contributed by atoms with Gasteiger partial charge in [0.25, 0.3) is 0 Å². The van der Waals surface area contributed by atoms with Crippen molar-refractivity contribution in [1.82, 2.24) is 15.0 Å². The molecule has 7 heteroatoms. The van der Waals surface area contributed by atoms with Gasteiger partial charge in [0.2, 0.25) is 0 Å². The van der Waals surface area contributed by atoms with Crippen LogP contribution in [0.5, 0.6) is 0 Å². The molecule has 0 aliphatic rings. The Bertz CT molecular complexity index is 969. The van der Waals surface area contributed by atoms with Crippen molar-refractivity contribution in [2.45, 2.75) is 52.0 Å². The number of hydrogen-bond donors (Lipinski definition) is 0. The molecular weight excluding hydrogens is 433 g/mol. The van der Waals surface area contributed by atoms with E-state index in [0.717, 1.165) is 29.7 Å². The van der Waals surface area contributed by atoms with Gasteiger partial charge in [-0.2, -0.15) is 0 Å². The second kappa shape index (κ2) is 11.9. The smallest absolute Gasteiger partial charge is 0.327 e. The fraction of sp³-hybridized carbons (Fsp3) is 0.375. The molecule has 0 amide bonds. The minimum atomic E-state index is -0.323. The lowest BCUT2D eigenvalue weighted by atomic mass is 10.0. The number of carbonyl (C=O) groups is 1. The summed E-state index contributed by atoms with van der Waals surface area (Å²) < 4.78 is 7.01. The van der Waals surface area contributed by atoms with Gasteiger partial charge in [0.05, 0.1) is 12.3 Å². The highest BCUT2D eigenvalue weighted by atomic mass is 35.5. The van der Waals surface area contributed by atoms with Gasteiger partial charge in [-0.15, -0.1) is 5.10 Å². The van der Waals surface area contributed by atoms with Crippen molar-refractivity contribution in [3.8, 4) is 22.5 Å². The molecule has 0 N–H and O–H groups in total. The average Bonchev–Trinajstić information content (AvgIpc) is 3.17. The van der Waals surface area contributed by atoms with Crippen molar-refractivity contribution in [3.05, 3.63) is 58.6 Å². The summed E-state index contributed by atoms with van der Waals surface area (Å²) in [5, 5.41) is 9.84. The lowest BCUT2D eigenvalue weighted by molar-refractivity contribution is -0.144. The Balaban J connectivity index is 1.72. The van der Waals surface area contributed by atoms with Crippen molar-refractivity contribution < 1.29 is 9.53 Å². The largest absolute Gasteiger partial charge is 0.464 e. The normalized spacial score (nSPS) is 10.9. The van der Waals surface area contributed by atoms with Crippen LogP contribution in [0.1, 0.15) is 45.4 Å². The van der Waals surface area contributed by atoms with Crippen molar-refractivity contribution in [2.24, 2.45) is 0 Å². The van der Waals surface area contributed by atoms with Gasteiger partial charge in [0.15, 0.2) is 0 Å². The monoisotopic (exact) mass is 459 g/mol. The summed E-state index contributed by atoms with van der Waals surface area (Å²) in [7, 11) is 0. The second-order valence-corrected chi connectivity index (χ2v) is 8.32. The molecule has 0 saturated carbocycles. The Kier molecular flexibility index (Phi) is 8.92. The van der Waals surface area contributed by atoms with E-state index in [9.17, 15) is 4.79 Å². The van der Waals surface area contributed by atoms with Crippen molar-refractivity contribution in [3.63, 3.8) is 0 Å². The highest BCUT2D eigenvalue weighted by Gasteiger charge is 2.19. The van der Waals surface area contributed by atoms with Crippen LogP contribution in [0.3, 0.4) is 0 Å². The van der Waals surface area contributed by atoms with E-state index in [2.05, 4.69) is 17.2 Å². The van der Waals surface area contributed by atoms with Crippen LogP contribution in [-0.4, -0.2) is 27.6 Å². The molecular formula is C24H27Cl2N3O2. The number of benzene rings is 2. The van der Waals surface area contributed by atoms with E-state index in [-0.39, 0.29) is 12.5 Å². The highest BCUT2D eigenvalue weighted by Crippen LogP contribution is 2.31. The Hall–Kier alpha value is -2.37. The summed E-state index contributed by atoms with van der Waals surface area (Å²) in [6.07, 6.45) is 6.86. The molecule has 0 fully saturated rings. The number of unbranched alkanes of at least 4 members (excludes halogenated alkanes) is 5. The predicted octanol–water partition coefficient (Wildman–Crippen LogP) is 6.82. The molecule has 5 nitrogen and oxygen atoms in total. The molecule has 1 aromatic heterocycles. The standard InChI is InChI=1S/C24H27Cl2N3O2/c1-2-3-4-5-6-7-16-31-22(30)17-29-24(19-10-14-21(26)15-11-19)23(27-28-29)18-8-12-20(25)13-9-18/h8-15H,2-7,16-17H2,1H3. The summed E-state index contributed by atoms with van der Waals surface area (Å²) in [6, 6.07) is 14.7. The Labute approximate surface area is 193 Å². The van der Waals surface area contributed by atoms with Gasteiger partial charge < -0.3 is 4.74 Å². The number of hydrogen-bond acceptors (Lipinski definition) is 4. The van der Waals surface area contributed by atoms with Gasteiger partial charge in [-0.05, 0) is 30.7 Å². The third kappa shape index (κ3) is 6.81. The van der Waals surface area contributed by atoms with E-state index >= 15 is 0 Å². The molecule has 1 heterocycles. The number of rotatable bonds is 11. The highest BCUT2D eigenvalue weighted by molar-refractivity contribution is 6.31. The van der Waals surface area contributed by atoms with Crippen molar-refractivity contribution in [1.29, 1.82) is 0 Å². The van der Waals surface area contributed by atoms with E-state index in [1.54, 1.807) is 28.9 Å². The van der Waals surface area contributed by atoms with Gasteiger partial charge >= 0.3 is 5.97 Å². The van der Waals surface area contributed by atoms with E-state index in [0.29, 0.717) is 22.3 Å². The van der Waals surface area contributed by atoms with E-state index < -0.39 is 0 Å². The SMILES string of the molecule is CCCCCCCCOC(=O)Cn1nnc(-c2ccc(Cl)cc2)c1-c1ccc(Cl)cc1. The number of halogens is 2. The Morgan fingerprint density at radius 1 is 0.871 bits per heavy atom. The molecule has 164 valence electrons. The molecule has 31 heavy (non-hydrogen) atoms. The molecule has 0 spiro atoms. The quantitative estimate of drug-likeness (QED) is 0.233. The first kappa shape index (κ1) is 23.3. The first-order chi connectivity index (χ1) is 15.1. The molecule has 3 aromatic rings. The summed E-state index contributed by atoms with van der Waals surface area (Å²) in [6.45, 7) is 2.62. The van der Waals surface area contributed by atoms with Gasteiger partial charge in [0, 0.05) is 21.2 Å². The molecule has 0 saturated heterocycles. The van der Waals surface area contributed by atoms with Gasteiger partial charge in [0.1, 0.15) is 12.2 Å². The summed E-state index contributed by atoms with van der Waals surface area (Å²) in [5.74, 6) is -0.323. The number of aromatic nitrogens is 3. The van der Waals surface area contributed by atoms with Gasteiger partial charge in [-0.1, -0.05) is 91.7 Å². The van der Waals surface area contributed by atoms with Crippen LogP contribution in [0.4, 0.5) is 0 Å². The summed E-state index contributed by atoms with van der Waals surface area (Å²) in [5.41, 5.74) is 3.13. The predicted molar refractivity (Wildman–Crippen MR) is 125 cm³/mol. The molecule has 2 aromatic carbocycles. The number of carbonyl (C=O) groups excluding carboxylic acids is 1. The van der Waals surface area contributed by atoms with Crippen molar-refractivity contribution >= 4 is 29.2 Å². The Morgan fingerprint density at radius 3 is 2.10 bits per heavy atom. The van der Waals surface area contributed by atoms with E-state index in [4.69, 9.17) is 27.9 Å².